The maximum Gasteiger partial charge on any atom is 0.328 e. The summed E-state index contributed by atoms with van der Waals surface area (Å²) in [7, 11) is 0. The second-order valence-electron chi connectivity index (χ2n) is 25.3. The van der Waals surface area contributed by atoms with Crippen LogP contribution in [-0.4, -0.2) is 87.5 Å². The molecule has 2 N–H and O–H groups in total. The fourth-order valence-corrected chi connectivity index (χ4v) is 13.5. The van der Waals surface area contributed by atoms with Crippen molar-refractivity contribution in [2.24, 2.45) is 11.8 Å². The summed E-state index contributed by atoms with van der Waals surface area (Å²) in [6, 6.07) is 16.2. The number of hydrogen-bond donors (Lipinski definition) is 2. The molecule has 4 fully saturated rings. The first-order chi connectivity index (χ1) is 35.6. The SMILES string of the molecule is CC(C)(c1ccc(Oc2nc(Cl)nc(NCCCCC3CC(C)(C)N(OC4CCCCC4)C(C)(C)C3)n2)cc1)c1ccc(Oc2nc(Cl)nc(NCCCCC3CC(C)(C)N(OC4CCCCC4)C(C)(C)C3)n2)cc1. The quantitative estimate of drug-likeness (QED) is 0.0720. The van der Waals surface area contributed by atoms with Crippen LogP contribution >= 0.6 is 23.2 Å². The van der Waals surface area contributed by atoms with Gasteiger partial charge in [-0.1, -0.05) is 102 Å². The molecule has 0 radical (unpaired) electrons. The van der Waals surface area contributed by atoms with Gasteiger partial charge in [0.15, 0.2) is 0 Å². The standard InChI is InChI=1S/C59H88Cl2N10O4/c1-55(2)37-41(38-56(3,4)70(55)74-47-23-13-11-14-24-47)21-17-19-35-62-51-64-49(60)66-53(68-51)72-45-31-27-43(28-32-45)59(9,10)44-29-33-46(34-30-44)73-54-67-50(61)65-52(69-54)63-36-20-18-22-42-39-57(5,6)71(58(7,8)40-42)75-48-25-15-12-16-26-48/h27-34,41-42,47-48H,11-26,35-40H2,1-10H3,(H,62,64,66,68)(H,63,65,67,69). The van der Waals surface area contributed by atoms with Crippen LogP contribution in [0.1, 0.15) is 209 Å². The fraction of sp³-hybridized carbons (Fsp3) is 0.695. The van der Waals surface area contributed by atoms with Crippen LogP contribution < -0.4 is 20.1 Å². The topological polar surface area (TPSA) is 145 Å². The Morgan fingerprint density at radius 2 is 0.840 bits per heavy atom. The molecule has 2 aromatic heterocycles. The first-order valence-electron chi connectivity index (χ1n) is 28.5. The third-order valence-corrected chi connectivity index (χ3v) is 16.7. The van der Waals surface area contributed by atoms with E-state index in [1.54, 1.807) is 0 Å². The van der Waals surface area contributed by atoms with E-state index in [9.17, 15) is 0 Å². The maximum absolute atomic E-state index is 6.72. The van der Waals surface area contributed by atoms with Crippen molar-refractivity contribution in [1.82, 2.24) is 40.0 Å². The Bertz CT molecular complexity index is 2240. The average Bonchev–Trinajstić information content (AvgIpc) is 3.34. The lowest BCUT2D eigenvalue weighted by Gasteiger charge is -2.55. The van der Waals surface area contributed by atoms with E-state index in [4.69, 9.17) is 42.4 Å². The normalized spacial score (nSPS) is 21.0. The summed E-state index contributed by atoms with van der Waals surface area (Å²) in [6.45, 7) is 24.7. The van der Waals surface area contributed by atoms with Crippen LogP contribution in [0, 0.1) is 11.8 Å². The predicted molar refractivity (Wildman–Crippen MR) is 301 cm³/mol. The van der Waals surface area contributed by atoms with Gasteiger partial charge in [-0.2, -0.15) is 40.0 Å². The summed E-state index contributed by atoms with van der Waals surface area (Å²) in [5.41, 5.74) is 1.85. The highest BCUT2D eigenvalue weighted by molar-refractivity contribution is 6.28. The summed E-state index contributed by atoms with van der Waals surface area (Å²) in [4.78, 5) is 39.7. The molecule has 2 aliphatic carbocycles. The summed E-state index contributed by atoms with van der Waals surface area (Å²) in [5, 5.41) is 11.6. The molecule has 4 heterocycles. The monoisotopic (exact) mass is 1070 g/mol. The molecule has 4 aliphatic rings. The molecular formula is C59H88Cl2N10O4. The van der Waals surface area contributed by atoms with E-state index in [0.717, 1.165) is 75.6 Å². The Kier molecular flexibility index (Phi) is 18.9. The molecule has 16 heteroatoms. The lowest BCUT2D eigenvalue weighted by molar-refractivity contribution is -0.314. The number of piperidine rings is 2. The Balaban J connectivity index is 0.760. The lowest BCUT2D eigenvalue weighted by Crippen LogP contribution is -2.61. The first kappa shape index (κ1) is 57.3. The van der Waals surface area contributed by atoms with E-state index in [-0.39, 0.29) is 50.2 Å². The van der Waals surface area contributed by atoms with E-state index in [0.29, 0.717) is 47.4 Å². The average molecular weight is 1070 g/mol. The number of nitrogens with zero attached hydrogens (tertiary/aromatic N) is 8. The lowest BCUT2D eigenvalue weighted by atomic mass is 9.73. The first-order valence-corrected chi connectivity index (χ1v) is 29.2. The van der Waals surface area contributed by atoms with Crippen molar-refractivity contribution >= 4 is 35.1 Å². The van der Waals surface area contributed by atoms with E-state index < -0.39 is 0 Å². The number of ether oxygens (including phenoxy) is 2. The van der Waals surface area contributed by atoms with E-state index in [1.165, 1.54) is 77.0 Å². The van der Waals surface area contributed by atoms with Crippen LogP contribution in [0.4, 0.5) is 11.9 Å². The minimum atomic E-state index is -0.336. The number of benzene rings is 2. The van der Waals surface area contributed by atoms with E-state index in [2.05, 4.69) is 144 Å². The van der Waals surface area contributed by atoms with Crippen molar-refractivity contribution in [2.45, 2.75) is 237 Å². The van der Waals surface area contributed by atoms with Crippen molar-refractivity contribution < 1.29 is 19.1 Å². The molecule has 2 aliphatic heterocycles. The molecule has 2 saturated heterocycles. The molecule has 4 aromatic rings. The molecule has 75 heavy (non-hydrogen) atoms. The van der Waals surface area contributed by atoms with Gasteiger partial charge in [-0.05, 0) is 190 Å². The molecule has 8 rings (SSSR count). The van der Waals surface area contributed by atoms with Gasteiger partial charge in [0.05, 0.1) is 12.2 Å². The number of unbranched alkanes of at least 4 members (excludes halogenated alkanes) is 2. The Labute approximate surface area is 458 Å². The molecule has 14 nitrogen and oxygen atoms in total. The summed E-state index contributed by atoms with van der Waals surface area (Å²) in [5.74, 6) is 3.29. The Morgan fingerprint density at radius 3 is 1.19 bits per heavy atom. The highest BCUT2D eigenvalue weighted by Crippen LogP contribution is 2.46. The van der Waals surface area contributed by atoms with Gasteiger partial charge in [-0.15, -0.1) is 0 Å². The second kappa shape index (κ2) is 24.8. The molecule has 2 aromatic carbocycles. The van der Waals surface area contributed by atoms with Gasteiger partial charge in [-0.25, -0.2) is 0 Å². The minimum absolute atomic E-state index is 0.00224. The Morgan fingerprint density at radius 1 is 0.493 bits per heavy atom. The van der Waals surface area contributed by atoms with Gasteiger partial charge in [0, 0.05) is 40.7 Å². The summed E-state index contributed by atoms with van der Waals surface area (Å²) < 4.78 is 12.2. The van der Waals surface area contributed by atoms with Crippen molar-refractivity contribution in [3.05, 3.63) is 70.2 Å². The van der Waals surface area contributed by atoms with Gasteiger partial charge in [0.2, 0.25) is 22.5 Å². The van der Waals surface area contributed by atoms with Gasteiger partial charge in [0.1, 0.15) is 11.5 Å². The van der Waals surface area contributed by atoms with Gasteiger partial charge in [-0.3, -0.25) is 9.68 Å². The van der Waals surface area contributed by atoms with E-state index in [1.807, 2.05) is 24.3 Å². The van der Waals surface area contributed by atoms with E-state index >= 15 is 0 Å². The van der Waals surface area contributed by atoms with Crippen LogP contribution in [0.15, 0.2) is 48.5 Å². The highest BCUT2D eigenvalue weighted by atomic mass is 35.5. The van der Waals surface area contributed by atoms with Crippen LogP contribution in [0.5, 0.6) is 23.5 Å². The molecule has 0 unspecified atom stereocenters. The number of halogens is 2. The zero-order chi connectivity index (χ0) is 53.4. The number of nitrogens with one attached hydrogen (secondary N) is 2. The minimum Gasteiger partial charge on any atom is -0.424 e. The molecule has 0 bridgehead atoms. The van der Waals surface area contributed by atoms with Gasteiger partial charge >= 0.3 is 12.0 Å². The van der Waals surface area contributed by atoms with Crippen LogP contribution in [0.3, 0.4) is 0 Å². The van der Waals surface area contributed by atoms with Crippen molar-refractivity contribution in [1.29, 1.82) is 0 Å². The largest absolute Gasteiger partial charge is 0.424 e. The fourth-order valence-electron chi connectivity index (χ4n) is 13.2. The van der Waals surface area contributed by atoms with Crippen LogP contribution in [0.25, 0.3) is 0 Å². The zero-order valence-corrected chi connectivity index (χ0v) is 48.5. The molecule has 0 atom stereocenters. The third-order valence-electron chi connectivity index (χ3n) is 16.4. The molecule has 2 saturated carbocycles. The Hall–Kier alpha value is -3.92. The van der Waals surface area contributed by atoms with Gasteiger partial charge in [0.25, 0.3) is 0 Å². The van der Waals surface area contributed by atoms with Gasteiger partial charge < -0.3 is 20.1 Å². The van der Waals surface area contributed by atoms with Crippen LogP contribution in [-0.2, 0) is 15.1 Å². The molecule has 412 valence electrons. The summed E-state index contributed by atoms with van der Waals surface area (Å²) in [6.07, 6.45) is 24.3. The summed E-state index contributed by atoms with van der Waals surface area (Å²) >= 11 is 12.7. The zero-order valence-electron chi connectivity index (χ0n) is 47.0. The number of hydrogen-bond acceptors (Lipinski definition) is 14. The smallest absolute Gasteiger partial charge is 0.328 e. The van der Waals surface area contributed by atoms with Crippen molar-refractivity contribution in [3.63, 3.8) is 0 Å². The van der Waals surface area contributed by atoms with Crippen LogP contribution in [0.2, 0.25) is 10.6 Å². The third kappa shape index (κ3) is 15.6. The van der Waals surface area contributed by atoms with Crippen molar-refractivity contribution in [3.8, 4) is 23.5 Å². The molecule has 0 spiro atoms. The molecular weight excluding hydrogens is 984 g/mol. The second-order valence-corrected chi connectivity index (χ2v) is 25.9. The predicted octanol–water partition coefficient (Wildman–Crippen LogP) is 15.5. The number of aromatic nitrogens is 6. The number of rotatable bonds is 22. The highest BCUT2D eigenvalue weighted by Gasteiger charge is 2.48. The number of hydroxylamine groups is 4. The van der Waals surface area contributed by atoms with Crippen molar-refractivity contribution in [2.75, 3.05) is 23.7 Å². The maximum atomic E-state index is 6.72. The number of anilines is 2. The molecule has 0 amide bonds.